The molecule has 8 heteroatoms. The number of rotatable bonds is 7. The van der Waals surface area contributed by atoms with Crippen LogP contribution in [0.4, 0.5) is 0 Å². The van der Waals surface area contributed by atoms with E-state index >= 15 is 0 Å². The molecule has 1 aromatic heterocycles. The molecule has 0 radical (unpaired) electrons. The summed E-state index contributed by atoms with van der Waals surface area (Å²) < 4.78 is 32.8. The summed E-state index contributed by atoms with van der Waals surface area (Å²) >= 11 is 0. The van der Waals surface area contributed by atoms with Crippen molar-refractivity contribution in [1.82, 2.24) is 15.0 Å². The van der Waals surface area contributed by atoms with Gasteiger partial charge < -0.3 is 10.1 Å². The number of carbonyl (C=O) groups is 1. The van der Waals surface area contributed by atoms with E-state index in [2.05, 4.69) is 15.0 Å². The van der Waals surface area contributed by atoms with Crippen molar-refractivity contribution in [1.29, 1.82) is 0 Å². The van der Waals surface area contributed by atoms with Crippen LogP contribution in [0.5, 0.6) is 0 Å². The molecule has 1 atom stereocenters. The predicted molar refractivity (Wildman–Crippen MR) is 96.0 cm³/mol. The van der Waals surface area contributed by atoms with Gasteiger partial charge in [-0.15, -0.1) is 0 Å². The Morgan fingerprint density at radius 3 is 2.77 bits per heavy atom. The number of sulfonamides is 1. The number of nitrogens with one attached hydrogen (secondary N) is 2. The highest BCUT2D eigenvalue weighted by molar-refractivity contribution is 7.89. The normalized spacial score (nSPS) is 17.2. The molecule has 1 fully saturated rings. The van der Waals surface area contributed by atoms with E-state index in [-0.39, 0.29) is 23.5 Å². The number of ether oxygens (including phenoxy) is 1. The van der Waals surface area contributed by atoms with E-state index in [4.69, 9.17) is 4.74 Å². The van der Waals surface area contributed by atoms with Crippen LogP contribution in [-0.4, -0.2) is 38.6 Å². The number of hydrogen-bond acceptors (Lipinski definition) is 5. The third-order valence-corrected chi connectivity index (χ3v) is 5.56. The van der Waals surface area contributed by atoms with Crippen molar-refractivity contribution in [2.24, 2.45) is 0 Å². The van der Waals surface area contributed by atoms with Gasteiger partial charge in [-0.1, -0.05) is 6.07 Å². The van der Waals surface area contributed by atoms with E-state index < -0.39 is 10.0 Å². The maximum Gasteiger partial charge on any atom is 0.251 e. The van der Waals surface area contributed by atoms with E-state index in [0.717, 1.165) is 18.4 Å². The average Bonchev–Trinajstić information content (AvgIpc) is 3.19. The van der Waals surface area contributed by atoms with Crippen molar-refractivity contribution in [3.8, 4) is 0 Å². The molecule has 0 aliphatic carbocycles. The molecule has 2 heterocycles. The van der Waals surface area contributed by atoms with Crippen molar-refractivity contribution < 1.29 is 17.9 Å². The van der Waals surface area contributed by atoms with Crippen molar-refractivity contribution in [2.75, 3.05) is 13.2 Å². The van der Waals surface area contributed by atoms with E-state index in [1.807, 2.05) is 0 Å². The first-order valence-electron chi connectivity index (χ1n) is 8.43. The summed E-state index contributed by atoms with van der Waals surface area (Å²) in [6.45, 7) is 1.25. The number of hydrogen-bond donors (Lipinski definition) is 2. The summed E-state index contributed by atoms with van der Waals surface area (Å²) in [6, 6.07) is 9.59. The van der Waals surface area contributed by atoms with Crippen LogP contribution in [0.15, 0.2) is 53.7 Å². The van der Waals surface area contributed by atoms with Gasteiger partial charge in [-0.25, -0.2) is 13.1 Å². The molecular formula is C18H21N3O4S. The number of pyridine rings is 1. The van der Waals surface area contributed by atoms with Gasteiger partial charge in [0.15, 0.2) is 0 Å². The molecule has 0 bridgehead atoms. The van der Waals surface area contributed by atoms with Gasteiger partial charge in [-0.2, -0.15) is 0 Å². The lowest BCUT2D eigenvalue weighted by Crippen LogP contribution is -2.32. The molecule has 1 aliphatic heterocycles. The van der Waals surface area contributed by atoms with Gasteiger partial charge in [0.1, 0.15) is 0 Å². The van der Waals surface area contributed by atoms with E-state index in [9.17, 15) is 13.2 Å². The van der Waals surface area contributed by atoms with Gasteiger partial charge in [-0.3, -0.25) is 9.78 Å². The summed E-state index contributed by atoms with van der Waals surface area (Å²) in [5.41, 5.74) is 1.20. The Hall–Kier alpha value is -2.29. The average molecular weight is 375 g/mol. The third-order valence-electron chi connectivity index (χ3n) is 4.13. The molecule has 1 saturated heterocycles. The molecule has 1 unspecified atom stereocenters. The van der Waals surface area contributed by atoms with Crippen molar-refractivity contribution >= 4 is 15.9 Å². The van der Waals surface area contributed by atoms with Crippen LogP contribution in [0, 0.1) is 0 Å². The minimum absolute atomic E-state index is 0.0621. The summed E-state index contributed by atoms with van der Waals surface area (Å²) in [5.74, 6) is -0.335. The quantitative estimate of drug-likeness (QED) is 0.764. The molecule has 3 rings (SSSR count). The molecule has 1 aliphatic rings. The second-order valence-corrected chi connectivity index (χ2v) is 7.82. The number of benzene rings is 1. The van der Waals surface area contributed by atoms with Crippen LogP contribution in [0.2, 0.25) is 0 Å². The lowest BCUT2D eigenvalue weighted by Gasteiger charge is -2.12. The first-order valence-corrected chi connectivity index (χ1v) is 9.91. The fourth-order valence-corrected chi connectivity index (χ4v) is 3.79. The second-order valence-electron chi connectivity index (χ2n) is 6.05. The number of carbonyl (C=O) groups excluding carboxylic acids is 1. The summed E-state index contributed by atoms with van der Waals surface area (Å²) in [5, 5.41) is 2.77. The molecule has 2 aromatic rings. The van der Waals surface area contributed by atoms with Crippen molar-refractivity contribution in [3.63, 3.8) is 0 Å². The zero-order valence-corrected chi connectivity index (χ0v) is 15.0. The number of aromatic nitrogens is 1. The monoisotopic (exact) mass is 375 g/mol. The zero-order valence-electron chi connectivity index (χ0n) is 14.2. The topological polar surface area (TPSA) is 97.4 Å². The fraction of sp³-hybridized carbons (Fsp3) is 0.333. The number of amides is 1. The molecule has 1 aromatic carbocycles. The Labute approximate surface area is 152 Å². The van der Waals surface area contributed by atoms with Crippen molar-refractivity contribution in [3.05, 3.63) is 59.9 Å². The SMILES string of the molecule is O=C(NCc1ccncc1)c1cccc(S(=O)(=O)NCC2CCCO2)c1. The predicted octanol–water partition coefficient (Wildman–Crippen LogP) is 1.47. The Kier molecular flexibility index (Phi) is 5.97. The summed E-state index contributed by atoms with van der Waals surface area (Å²) in [7, 11) is -3.69. The zero-order chi connectivity index (χ0) is 18.4. The van der Waals surface area contributed by atoms with Crippen LogP contribution >= 0.6 is 0 Å². The molecule has 2 N–H and O–H groups in total. The maximum absolute atomic E-state index is 12.4. The Morgan fingerprint density at radius 2 is 2.04 bits per heavy atom. The highest BCUT2D eigenvalue weighted by Gasteiger charge is 2.21. The maximum atomic E-state index is 12.4. The minimum atomic E-state index is -3.69. The lowest BCUT2D eigenvalue weighted by atomic mass is 10.2. The summed E-state index contributed by atoms with van der Waals surface area (Å²) in [4.78, 5) is 16.3. The van der Waals surface area contributed by atoms with Gasteiger partial charge in [0.05, 0.1) is 11.0 Å². The molecule has 138 valence electrons. The van der Waals surface area contributed by atoms with Crippen LogP contribution < -0.4 is 10.0 Å². The van der Waals surface area contributed by atoms with E-state index in [1.54, 1.807) is 36.7 Å². The number of nitrogens with zero attached hydrogens (tertiary/aromatic N) is 1. The van der Waals surface area contributed by atoms with Crippen LogP contribution in [0.3, 0.4) is 0 Å². The third kappa shape index (κ3) is 4.87. The Bertz CT molecular complexity index is 850. The molecule has 1 amide bonds. The van der Waals surface area contributed by atoms with E-state index in [1.165, 1.54) is 12.1 Å². The molecule has 0 saturated carbocycles. The standard InChI is InChI=1S/C18H21N3O4S/c22-18(20-12-14-6-8-19-9-7-14)15-3-1-5-17(11-15)26(23,24)21-13-16-4-2-10-25-16/h1,3,5-9,11,16,21H,2,4,10,12-13H2,(H,20,22). The van der Waals surface area contributed by atoms with Gasteiger partial charge in [0, 0.05) is 37.7 Å². The van der Waals surface area contributed by atoms with Crippen LogP contribution in [0.1, 0.15) is 28.8 Å². The Morgan fingerprint density at radius 1 is 1.23 bits per heavy atom. The van der Waals surface area contributed by atoms with Crippen LogP contribution in [-0.2, 0) is 21.3 Å². The minimum Gasteiger partial charge on any atom is -0.377 e. The Balaban J connectivity index is 1.63. The van der Waals surface area contributed by atoms with Gasteiger partial charge in [0.25, 0.3) is 5.91 Å². The molecular weight excluding hydrogens is 354 g/mol. The first kappa shape index (κ1) is 18.5. The smallest absolute Gasteiger partial charge is 0.251 e. The van der Waals surface area contributed by atoms with Crippen LogP contribution in [0.25, 0.3) is 0 Å². The highest BCUT2D eigenvalue weighted by atomic mass is 32.2. The fourth-order valence-electron chi connectivity index (χ4n) is 2.68. The molecule has 26 heavy (non-hydrogen) atoms. The summed E-state index contributed by atoms with van der Waals surface area (Å²) in [6.07, 6.45) is 5.00. The van der Waals surface area contributed by atoms with Crippen molar-refractivity contribution in [2.45, 2.75) is 30.4 Å². The lowest BCUT2D eigenvalue weighted by molar-refractivity contribution is 0.0950. The van der Waals surface area contributed by atoms with E-state index in [0.29, 0.717) is 18.7 Å². The highest BCUT2D eigenvalue weighted by Crippen LogP contribution is 2.14. The van der Waals surface area contributed by atoms with Gasteiger partial charge >= 0.3 is 0 Å². The molecule has 0 spiro atoms. The van der Waals surface area contributed by atoms with Gasteiger partial charge in [-0.05, 0) is 48.7 Å². The van der Waals surface area contributed by atoms with Gasteiger partial charge in [0.2, 0.25) is 10.0 Å². The first-order chi connectivity index (χ1) is 12.5. The second kappa shape index (κ2) is 8.39. The largest absolute Gasteiger partial charge is 0.377 e. The molecule has 7 nitrogen and oxygen atoms in total.